The molecule has 0 spiro atoms. The number of nitrogens with zero attached hydrogens (tertiary/aromatic N) is 3. The number of thiazole rings is 1. The molecule has 134 valence electrons. The van der Waals surface area contributed by atoms with Crippen LogP contribution in [0.1, 0.15) is 34.9 Å². The van der Waals surface area contributed by atoms with Gasteiger partial charge >= 0.3 is 0 Å². The summed E-state index contributed by atoms with van der Waals surface area (Å²) in [5.74, 6) is -0.0374. The van der Waals surface area contributed by atoms with E-state index < -0.39 is 0 Å². The molecular formula is C20H20ClN3OS. The molecule has 2 heterocycles. The molecule has 0 fully saturated rings. The van der Waals surface area contributed by atoms with Gasteiger partial charge < -0.3 is 0 Å². The first-order chi connectivity index (χ1) is 12.5. The summed E-state index contributed by atoms with van der Waals surface area (Å²) in [6, 6.07) is 13.4. The summed E-state index contributed by atoms with van der Waals surface area (Å²) in [5, 5.41) is 3.64. The van der Waals surface area contributed by atoms with E-state index in [1.165, 1.54) is 0 Å². The Morgan fingerprint density at radius 3 is 2.88 bits per heavy atom. The molecule has 2 aromatic heterocycles. The second-order valence-corrected chi connectivity index (χ2v) is 7.64. The van der Waals surface area contributed by atoms with Crippen molar-refractivity contribution >= 4 is 28.8 Å². The Hall–Kier alpha value is -2.24. The second kappa shape index (κ2) is 8.43. The van der Waals surface area contributed by atoms with Crippen LogP contribution >= 0.6 is 22.9 Å². The number of hydrogen-bond acceptors (Lipinski definition) is 4. The van der Waals surface area contributed by atoms with Crippen molar-refractivity contribution in [3.63, 3.8) is 0 Å². The minimum Gasteiger partial charge on any atom is -0.274 e. The first-order valence-electron chi connectivity index (χ1n) is 8.43. The van der Waals surface area contributed by atoms with Gasteiger partial charge in [0.2, 0.25) is 5.91 Å². The van der Waals surface area contributed by atoms with Crippen molar-refractivity contribution in [3.8, 4) is 0 Å². The summed E-state index contributed by atoms with van der Waals surface area (Å²) in [6.07, 6.45) is 2.72. The highest BCUT2D eigenvalue weighted by Gasteiger charge is 2.11. The van der Waals surface area contributed by atoms with Crippen LogP contribution in [0.3, 0.4) is 0 Å². The highest BCUT2D eigenvalue weighted by molar-refractivity contribution is 7.09. The molecule has 0 aliphatic carbocycles. The minimum atomic E-state index is -0.0374. The summed E-state index contributed by atoms with van der Waals surface area (Å²) in [6.45, 7) is 3.98. The summed E-state index contributed by atoms with van der Waals surface area (Å²) in [7, 11) is 0. The van der Waals surface area contributed by atoms with Gasteiger partial charge in [-0.3, -0.25) is 14.4 Å². The highest BCUT2D eigenvalue weighted by Crippen LogP contribution is 2.18. The second-order valence-electron chi connectivity index (χ2n) is 6.26. The van der Waals surface area contributed by atoms with E-state index in [4.69, 9.17) is 11.6 Å². The summed E-state index contributed by atoms with van der Waals surface area (Å²) in [4.78, 5) is 21.8. The Bertz CT molecular complexity index is 975. The smallest absolute Gasteiger partial charge is 0.238 e. The number of carbonyl (C=O) groups is 1. The number of hydrogen-bond donors (Lipinski definition) is 0. The number of pyridine rings is 1. The van der Waals surface area contributed by atoms with Crippen molar-refractivity contribution in [2.45, 2.75) is 32.7 Å². The molecule has 0 atom stereocenters. The Balaban J connectivity index is 1.74. The van der Waals surface area contributed by atoms with Gasteiger partial charge in [0.05, 0.1) is 17.1 Å². The van der Waals surface area contributed by atoms with Crippen molar-refractivity contribution in [1.29, 1.82) is 0 Å². The predicted octanol–water partition coefficient (Wildman–Crippen LogP) is 4.38. The molecule has 0 amide bonds. The molecule has 1 aromatic carbocycles. The van der Waals surface area contributed by atoms with E-state index in [2.05, 4.69) is 9.98 Å². The van der Waals surface area contributed by atoms with Gasteiger partial charge in [-0.05, 0) is 43.7 Å². The normalized spacial score (nSPS) is 11.9. The summed E-state index contributed by atoms with van der Waals surface area (Å²) < 4.78 is 1.59. The third-order valence-corrected chi connectivity index (χ3v) is 4.81. The average Bonchev–Trinajstić information content (AvgIpc) is 3.01. The van der Waals surface area contributed by atoms with Gasteiger partial charge in [0.15, 0.2) is 0 Å². The maximum Gasteiger partial charge on any atom is 0.238 e. The number of carbonyl (C=O) groups excluding carboxylic acids is 1. The third kappa shape index (κ3) is 4.90. The SMILES string of the molecule is CC(C)N=c1ccccn1C(=O)Cc1csc(Cc2cccc(Cl)c2)n1. The Morgan fingerprint density at radius 1 is 1.27 bits per heavy atom. The monoisotopic (exact) mass is 385 g/mol. The Kier molecular flexibility index (Phi) is 6.01. The van der Waals surface area contributed by atoms with Gasteiger partial charge in [-0.15, -0.1) is 11.3 Å². The van der Waals surface area contributed by atoms with Crippen molar-refractivity contribution in [1.82, 2.24) is 9.55 Å². The van der Waals surface area contributed by atoms with E-state index in [0.717, 1.165) is 21.3 Å². The average molecular weight is 386 g/mol. The van der Waals surface area contributed by atoms with E-state index in [9.17, 15) is 4.79 Å². The van der Waals surface area contributed by atoms with E-state index in [-0.39, 0.29) is 18.4 Å². The fourth-order valence-corrected chi connectivity index (χ4v) is 3.63. The van der Waals surface area contributed by atoms with Gasteiger partial charge in [0.25, 0.3) is 0 Å². The van der Waals surface area contributed by atoms with Crippen molar-refractivity contribution in [3.05, 3.63) is 80.8 Å². The topological polar surface area (TPSA) is 47.2 Å². The molecular weight excluding hydrogens is 366 g/mol. The molecule has 0 aliphatic heterocycles. The molecule has 0 saturated carbocycles. The fourth-order valence-electron chi connectivity index (χ4n) is 2.59. The standard InChI is InChI=1S/C20H20ClN3OS/c1-14(2)22-18-8-3-4-9-24(18)20(25)12-17-13-26-19(23-17)11-15-6-5-7-16(21)10-15/h3-10,13-14H,11-12H2,1-2H3. The van der Waals surface area contributed by atoms with Gasteiger partial charge in [-0.1, -0.05) is 29.8 Å². The van der Waals surface area contributed by atoms with Gasteiger partial charge in [0.1, 0.15) is 5.49 Å². The van der Waals surface area contributed by atoms with E-state index >= 15 is 0 Å². The lowest BCUT2D eigenvalue weighted by Crippen LogP contribution is -2.28. The van der Waals surface area contributed by atoms with Crippen LogP contribution in [0.25, 0.3) is 0 Å². The number of benzene rings is 1. The van der Waals surface area contributed by atoms with Crippen LogP contribution < -0.4 is 5.49 Å². The zero-order valence-corrected chi connectivity index (χ0v) is 16.3. The number of aromatic nitrogens is 2. The van der Waals surface area contributed by atoms with Crippen LogP contribution in [0.5, 0.6) is 0 Å². The van der Waals surface area contributed by atoms with Crippen LogP contribution in [0, 0.1) is 0 Å². The Labute approximate surface area is 161 Å². The van der Waals surface area contributed by atoms with Gasteiger partial charge in [-0.25, -0.2) is 4.98 Å². The third-order valence-electron chi connectivity index (χ3n) is 3.67. The van der Waals surface area contributed by atoms with Crippen molar-refractivity contribution in [2.75, 3.05) is 0 Å². The molecule has 3 rings (SSSR count). The van der Waals surface area contributed by atoms with Crippen LogP contribution in [-0.2, 0) is 12.8 Å². The zero-order valence-electron chi connectivity index (χ0n) is 14.7. The van der Waals surface area contributed by atoms with Crippen LogP contribution in [-0.4, -0.2) is 21.5 Å². The quantitative estimate of drug-likeness (QED) is 0.654. The number of rotatable bonds is 5. The lowest BCUT2D eigenvalue weighted by atomic mass is 10.2. The fraction of sp³-hybridized carbons (Fsp3) is 0.250. The first-order valence-corrected chi connectivity index (χ1v) is 9.69. The molecule has 0 radical (unpaired) electrons. The molecule has 26 heavy (non-hydrogen) atoms. The first kappa shape index (κ1) is 18.5. The van der Waals surface area contributed by atoms with Gasteiger partial charge in [0, 0.05) is 29.1 Å². The molecule has 0 unspecified atom stereocenters. The zero-order chi connectivity index (χ0) is 18.5. The highest BCUT2D eigenvalue weighted by atomic mass is 35.5. The molecule has 0 aliphatic rings. The molecule has 0 saturated heterocycles. The molecule has 0 bridgehead atoms. The maximum atomic E-state index is 12.7. The summed E-state index contributed by atoms with van der Waals surface area (Å²) in [5.41, 5.74) is 2.56. The lowest BCUT2D eigenvalue weighted by Gasteiger charge is -2.06. The van der Waals surface area contributed by atoms with E-state index in [0.29, 0.717) is 11.9 Å². The number of halogens is 1. The van der Waals surface area contributed by atoms with Crippen LogP contribution in [0.4, 0.5) is 0 Å². The molecule has 0 N–H and O–H groups in total. The molecule has 6 heteroatoms. The Morgan fingerprint density at radius 2 is 2.12 bits per heavy atom. The lowest BCUT2D eigenvalue weighted by molar-refractivity contribution is 0.0907. The largest absolute Gasteiger partial charge is 0.274 e. The predicted molar refractivity (Wildman–Crippen MR) is 106 cm³/mol. The van der Waals surface area contributed by atoms with Crippen LogP contribution in [0.2, 0.25) is 5.02 Å². The van der Waals surface area contributed by atoms with Crippen molar-refractivity contribution in [2.24, 2.45) is 4.99 Å². The minimum absolute atomic E-state index is 0.0374. The molecule has 4 nitrogen and oxygen atoms in total. The van der Waals surface area contributed by atoms with E-state index in [1.54, 1.807) is 22.1 Å². The van der Waals surface area contributed by atoms with E-state index in [1.807, 2.05) is 61.7 Å². The molecule has 3 aromatic rings. The van der Waals surface area contributed by atoms with Crippen molar-refractivity contribution < 1.29 is 4.79 Å². The van der Waals surface area contributed by atoms with Crippen LogP contribution in [0.15, 0.2) is 59.0 Å². The maximum absolute atomic E-state index is 12.7. The van der Waals surface area contributed by atoms with Gasteiger partial charge in [-0.2, -0.15) is 0 Å². The summed E-state index contributed by atoms with van der Waals surface area (Å²) >= 11 is 7.59.